The van der Waals surface area contributed by atoms with Crippen molar-refractivity contribution in [3.63, 3.8) is 0 Å². The predicted molar refractivity (Wildman–Crippen MR) is 23.1 cm³/mol. The van der Waals surface area contributed by atoms with Gasteiger partial charge in [-0.25, -0.2) is 0 Å². The summed E-state index contributed by atoms with van der Waals surface area (Å²) in [6.45, 7) is 0. The second-order valence-corrected chi connectivity index (χ2v) is 3.54. The van der Waals surface area contributed by atoms with E-state index >= 15 is 0 Å². The fourth-order valence-electron chi connectivity index (χ4n) is 0.326. The third-order valence-electron chi connectivity index (χ3n) is 0.587. The van der Waals surface area contributed by atoms with Gasteiger partial charge in [0, 0.05) is 0 Å². The molecule has 0 fully saturated rings. The van der Waals surface area contributed by atoms with E-state index in [1.54, 1.807) is 0 Å². The van der Waals surface area contributed by atoms with Crippen LogP contribution >= 0.6 is 0 Å². The molecule has 1 aliphatic heterocycles. The van der Waals surface area contributed by atoms with E-state index in [2.05, 4.69) is 22.3 Å². The van der Waals surface area contributed by atoms with Gasteiger partial charge in [0.05, 0.1) is 0 Å². The molecule has 6 heavy (non-hydrogen) atoms. The van der Waals surface area contributed by atoms with E-state index in [0.29, 0.717) is 21.2 Å². The second kappa shape index (κ2) is 2.39. The van der Waals surface area contributed by atoms with Crippen molar-refractivity contribution in [2.24, 2.45) is 0 Å². The van der Waals surface area contributed by atoms with Crippen LogP contribution in [0.15, 0.2) is 22.3 Å². The van der Waals surface area contributed by atoms with Crippen LogP contribution in [-0.4, -0.2) is 4.43 Å². The average molecular weight is 193 g/mol. The van der Waals surface area contributed by atoms with Crippen molar-refractivity contribution in [3.05, 3.63) is 22.3 Å². The summed E-state index contributed by atoms with van der Waals surface area (Å²) < 4.78 is 3.63. The fraction of sp³-hybridized carbons (Fsp3) is 0.200. The topological polar surface area (TPSA) is 0 Å². The molecular weight excluding hydrogens is 187 g/mol. The summed E-state index contributed by atoms with van der Waals surface area (Å²) in [6, 6.07) is 0. The van der Waals surface area contributed by atoms with Crippen molar-refractivity contribution in [1.29, 1.82) is 0 Å². The maximum atomic E-state index is 2.29. The van der Waals surface area contributed by atoms with E-state index in [9.17, 15) is 0 Å². The molecule has 1 heterocycles. The minimum atomic E-state index is 0.447. The first-order valence-electron chi connectivity index (χ1n) is 1.89. The number of rotatable bonds is 0. The molecule has 0 nitrogen and oxygen atoms in total. The first-order chi connectivity index (χ1) is 3.00. The Hall–Kier alpha value is 0.210. The monoisotopic (exact) mass is 193 g/mol. The Labute approximate surface area is 48.2 Å². The van der Waals surface area contributed by atoms with E-state index in [4.69, 9.17) is 0 Å². The average Bonchev–Trinajstić information content (AvgIpc) is 1.72. The first-order valence-corrected chi connectivity index (χ1v) is 4.66. The maximum absolute atomic E-state index is 2.29. The molecule has 1 aliphatic rings. The Morgan fingerprint density at radius 1 is 1.33 bits per heavy atom. The zero-order chi connectivity index (χ0) is 4.24. The standard InChI is InChI=1S/C5H6I/c1-2-4-6-5-3-1/h1-4H,5H2/q-1. The van der Waals surface area contributed by atoms with E-state index in [-0.39, 0.29) is 0 Å². The van der Waals surface area contributed by atoms with Crippen LogP contribution in [0.5, 0.6) is 0 Å². The van der Waals surface area contributed by atoms with Crippen molar-refractivity contribution in [2.75, 3.05) is 4.43 Å². The Morgan fingerprint density at radius 2 is 2.33 bits per heavy atom. The molecule has 34 valence electrons. The van der Waals surface area contributed by atoms with Gasteiger partial charge in [0.15, 0.2) is 0 Å². The molecule has 1 rings (SSSR count). The Morgan fingerprint density at radius 3 is 2.50 bits per heavy atom. The summed E-state index contributed by atoms with van der Waals surface area (Å²) >= 11 is 0.447. The molecule has 0 amide bonds. The van der Waals surface area contributed by atoms with Gasteiger partial charge < -0.3 is 0 Å². The third-order valence-corrected chi connectivity index (χ3v) is 2.53. The number of alkyl halides is 1. The van der Waals surface area contributed by atoms with Gasteiger partial charge in [-0.3, -0.25) is 0 Å². The molecule has 0 aromatic rings. The van der Waals surface area contributed by atoms with Crippen molar-refractivity contribution < 1.29 is 21.2 Å². The summed E-state index contributed by atoms with van der Waals surface area (Å²) in [7, 11) is 0. The van der Waals surface area contributed by atoms with Crippen LogP contribution in [0.2, 0.25) is 0 Å². The molecule has 0 spiro atoms. The van der Waals surface area contributed by atoms with Crippen molar-refractivity contribution in [2.45, 2.75) is 0 Å². The Kier molecular flexibility index (Phi) is 1.74. The van der Waals surface area contributed by atoms with Gasteiger partial charge in [0.2, 0.25) is 0 Å². The predicted octanol–water partition coefficient (Wildman–Crippen LogP) is -1.84. The Balaban J connectivity index is 2.46. The quantitative estimate of drug-likeness (QED) is 0.313. The zero-order valence-electron chi connectivity index (χ0n) is 3.39. The zero-order valence-corrected chi connectivity index (χ0v) is 5.55. The molecule has 1 heteroatoms. The summed E-state index contributed by atoms with van der Waals surface area (Å²) in [5.41, 5.74) is 0. The van der Waals surface area contributed by atoms with Gasteiger partial charge in [-0.1, -0.05) is 0 Å². The molecule has 0 N–H and O–H groups in total. The van der Waals surface area contributed by atoms with E-state index in [1.807, 2.05) is 0 Å². The SMILES string of the molecule is C1=CC[I-]C=C1. The normalized spacial score (nSPS) is 20.0. The molecule has 0 atom stereocenters. The van der Waals surface area contributed by atoms with Gasteiger partial charge in [-0.2, -0.15) is 0 Å². The molecule has 0 aliphatic carbocycles. The van der Waals surface area contributed by atoms with E-state index in [1.165, 1.54) is 4.43 Å². The number of halogens is 1. The van der Waals surface area contributed by atoms with Crippen molar-refractivity contribution in [1.82, 2.24) is 0 Å². The van der Waals surface area contributed by atoms with Gasteiger partial charge in [0.25, 0.3) is 0 Å². The molecule has 0 bridgehead atoms. The van der Waals surface area contributed by atoms with Crippen molar-refractivity contribution >= 4 is 0 Å². The Bertz CT molecular complexity index is 69.9. The van der Waals surface area contributed by atoms with Crippen LogP contribution < -0.4 is 21.2 Å². The van der Waals surface area contributed by atoms with Gasteiger partial charge in [0.1, 0.15) is 0 Å². The summed E-state index contributed by atoms with van der Waals surface area (Å²) in [5.74, 6) is 0. The van der Waals surface area contributed by atoms with Gasteiger partial charge >= 0.3 is 47.9 Å². The van der Waals surface area contributed by atoms with E-state index < -0.39 is 0 Å². The van der Waals surface area contributed by atoms with Crippen LogP contribution in [0.25, 0.3) is 0 Å². The second-order valence-electron chi connectivity index (χ2n) is 1.06. The van der Waals surface area contributed by atoms with Crippen LogP contribution in [0.3, 0.4) is 0 Å². The van der Waals surface area contributed by atoms with Crippen LogP contribution in [0, 0.1) is 0 Å². The van der Waals surface area contributed by atoms with Crippen LogP contribution in [0.4, 0.5) is 0 Å². The summed E-state index contributed by atoms with van der Waals surface area (Å²) in [6.07, 6.45) is 6.48. The van der Waals surface area contributed by atoms with Gasteiger partial charge in [-0.05, 0) is 0 Å². The molecule has 0 saturated carbocycles. The molecular formula is C5H6I-. The van der Waals surface area contributed by atoms with Gasteiger partial charge in [-0.15, -0.1) is 0 Å². The minimum absolute atomic E-state index is 0.447. The molecule has 0 radical (unpaired) electrons. The van der Waals surface area contributed by atoms with E-state index in [0.717, 1.165) is 0 Å². The first kappa shape index (κ1) is 4.37. The number of hydrogen-bond acceptors (Lipinski definition) is 0. The summed E-state index contributed by atoms with van der Waals surface area (Å²) in [4.78, 5) is 0. The van der Waals surface area contributed by atoms with Crippen molar-refractivity contribution in [3.8, 4) is 0 Å². The number of allylic oxidation sites excluding steroid dienone is 3. The molecule has 0 aromatic carbocycles. The summed E-state index contributed by atoms with van der Waals surface area (Å²) in [5, 5.41) is 0. The molecule has 0 aromatic heterocycles. The third kappa shape index (κ3) is 1.12. The molecule has 0 saturated heterocycles. The number of hydrogen-bond donors (Lipinski definition) is 0. The molecule has 0 unspecified atom stereocenters. The van der Waals surface area contributed by atoms with Crippen LogP contribution in [0.1, 0.15) is 0 Å². The van der Waals surface area contributed by atoms with Crippen LogP contribution in [-0.2, 0) is 0 Å². The fourth-order valence-corrected chi connectivity index (χ4v) is 1.74.